The normalized spacial score (nSPS) is 10.5. The van der Waals surface area contributed by atoms with Crippen LogP contribution in [0.1, 0.15) is 24.5 Å². The minimum atomic E-state index is 0.830. The van der Waals surface area contributed by atoms with Crippen molar-refractivity contribution in [2.24, 2.45) is 0 Å². The molecule has 0 amide bonds. The molecule has 0 spiro atoms. The van der Waals surface area contributed by atoms with E-state index in [0.717, 1.165) is 12.1 Å². The van der Waals surface area contributed by atoms with Gasteiger partial charge in [0.25, 0.3) is 0 Å². The highest BCUT2D eigenvalue weighted by Gasteiger charge is 2.02. The van der Waals surface area contributed by atoms with Crippen molar-refractivity contribution in [1.82, 2.24) is 0 Å². The van der Waals surface area contributed by atoms with Crippen molar-refractivity contribution < 1.29 is 0 Å². The molecule has 0 atom stereocenters. The van der Waals surface area contributed by atoms with Gasteiger partial charge in [-0.15, -0.1) is 0 Å². The molecule has 0 aliphatic rings. The third-order valence-electron chi connectivity index (χ3n) is 3.03. The van der Waals surface area contributed by atoms with Gasteiger partial charge in [0.15, 0.2) is 0 Å². The van der Waals surface area contributed by atoms with E-state index in [4.69, 9.17) is 5.73 Å². The zero-order chi connectivity index (χ0) is 12.3. The molecule has 0 aliphatic heterocycles. The molecule has 88 valence electrons. The van der Waals surface area contributed by atoms with Crippen LogP contribution in [-0.4, -0.2) is 0 Å². The van der Waals surface area contributed by atoms with Crippen LogP contribution in [-0.2, 0) is 6.42 Å². The van der Waals surface area contributed by atoms with Gasteiger partial charge in [0, 0.05) is 5.69 Å². The SMILES string of the molecule is CCCc1cccc(-c2ccc(N)cc2C)c1. The van der Waals surface area contributed by atoms with E-state index in [1.54, 1.807) is 0 Å². The number of nitrogen functional groups attached to an aromatic ring is 1. The standard InChI is InChI=1S/C16H19N/c1-3-5-13-6-4-7-14(11-13)16-9-8-15(17)10-12(16)2/h4,6-11H,3,5,17H2,1-2H3. The lowest BCUT2D eigenvalue weighted by Gasteiger charge is -2.08. The molecule has 2 aromatic rings. The van der Waals surface area contributed by atoms with Crippen LogP contribution in [0.4, 0.5) is 5.69 Å². The smallest absolute Gasteiger partial charge is 0.0317 e. The maximum absolute atomic E-state index is 5.78. The van der Waals surface area contributed by atoms with E-state index in [9.17, 15) is 0 Å². The number of anilines is 1. The van der Waals surface area contributed by atoms with E-state index >= 15 is 0 Å². The highest BCUT2D eigenvalue weighted by Crippen LogP contribution is 2.26. The Bertz CT molecular complexity index is 515. The van der Waals surface area contributed by atoms with E-state index in [-0.39, 0.29) is 0 Å². The van der Waals surface area contributed by atoms with Gasteiger partial charge in [-0.1, -0.05) is 43.7 Å². The van der Waals surface area contributed by atoms with Gasteiger partial charge in [-0.2, -0.15) is 0 Å². The molecule has 1 heteroatoms. The van der Waals surface area contributed by atoms with Crippen molar-refractivity contribution in [1.29, 1.82) is 0 Å². The summed E-state index contributed by atoms with van der Waals surface area (Å²) in [6, 6.07) is 14.9. The average molecular weight is 225 g/mol. The minimum absolute atomic E-state index is 0.830. The second kappa shape index (κ2) is 5.05. The molecule has 2 aromatic carbocycles. The van der Waals surface area contributed by atoms with Crippen LogP contribution in [0.2, 0.25) is 0 Å². The lowest BCUT2D eigenvalue weighted by Crippen LogP contribution is -1.90. The molecule has 0 radical (unpaired) electrons. The molecule has 2 rings (SSSR count). The molecule has 0 aromatic heterocycles. The molecule has 1 nitrogen and oxygen atoms in total. The van der Waals surface area contributed by atoms with Crippen molar-refractivity contribution in [3.05, 3.63) is 53.6 Å². The number of aryl methyl sites for hydroxylation is 2. The summed E-state index contributed by atoms with van der Waals surface area (Å²) >= 11 is 0. The van der Waals surface area contributed by atoms with Crippen LogP contribution >= 0.6 is 0 Å². The molecule has 17 heavy (non-hydrogen) atoms. The maximum Gasteiger partial charge on any atom is 0.0317 e. The van der Waals surface area contributed by atoms with Crippen LogP contribution in [0.25, 0.3) is 11.1 Å². The highest BCUT2D eigenvalue weighted by molar-refractivity contribution is 5.70. The number of nitrogens with two attached hydrogens (primary N) is 1. The molecule has 0 unspecified atom stereocenters. The number of hydrogen-bond donors (Lipinski definition) is 1. The Hall–Kier alpha value is -1.76. The zero-order valence-corrected chi connectivity index (χ0v) is 10.5. The number of rotatable bonds is 3. The van der Waals surface area contributed by atoms with Crippen molar-refractivity contribution >= 4 is 5.69 Å². The highest BCUT2D eigenvalue weighted by atomic mass is 14.5. The first kappa shape index (κ1) is 11.7. The zero-order valence-electron chi connectivity index (χ0n) is 10.5. The Kier molecular flexibility index (Phi) is 3.48. The van der Waals surface area contributed by atoms with E-state index in [1.807, 2.05) is 12.1 Å². The molecular formula is C16H19N. The first-order chi connectivity index (χ1) is 8.20. The fourth-order valence-corrected chi connectivity index (χ4v) is 2.19. The summed E-state index contributed by atoms with van der Waals surface area (Å²) in [6.07, 6.45) is 2.33. The Morgan fingerprint density at radius 3 is 2.59 bits per heavy atom. The maximum atomic E-state index is 5.78. The quantitative estimate of drug-likeness (QED) is 0.778. The Balaban J connectivity index is 2.42. The third-order valence-corrected chi connectivity index (χ3v) is 3.03. The summed E-state index contributed by atoms with van der Waals surface area (Å²) in [5.74, 6) is 0. The van der Waals surface area contributed by atoms with Gasteiger partial charge in [-0.25, -0.2) is 0 Å². The number of hydrogen-bond acceptors (Lipinski definition) is 1. The Morgan fingerprint density at radius 1 is 1.06 bits per heavy atom. The van der Waals surface area contributed by atoms with Gasteiger partial charge >= 0.3 is 0 Å². The van der Waals surface area contributed by atoms with Crippen molar-refractivity contribution in [3.63, 3.8) is 0 Å². The largest absolute Gasteiger partial charge is 0.399 e. The topological polar surface area (TPSA) is 26.0 Å². The van der Waals surface area contributed by atoms with E-state index < -0.39 is 0 Å². The van der Waals surface area contributed by atoms with Crippen LogP contribution in [0.3, 0.4) is 0 Å². The summed E-state index contributed by atoms with van der Waals surface area (Å²) < 4.78 is 0. The van der Waals surface area contributed by atoms with Crippen molar-refractivity contribution in [3.8, 4) is 11.1 Å². The molecule has 0 aliphatic carbocycles. The molecule has 0 fully saturated rings. The Labute approximate surface area is 103 Å². The van der Waals surface area contributed by atoms with Crippen molar-refractivity contribution in [2.45, 2.75) is 26.7 Å². The first-order valence-corrected chi connectivity index (χ1v) is 6.16. The lowest BCUT2D eigenvalue weighted by molar-refractivity contribution is 0.922. The second-order valence-electron chi connectivity index (χ2n) is 4.52. The number of benzene rings is 2. The van der Waals surface area contributed by atoms with Crippen LogP contribution in [0.5, 0.6) is 0 Å². The summed E-state index contributed by atoms with van der Waals surface area (Å²) in [5, 5.41) is 0. The van der Waals surface area contributed by atoms with Gasteiger partial charge in [-0.05, 0) is 47.7 Å². The summed E-state index contributed by atoms with van der Waals surface area (Å²) in [6.45, 7) is 4.32. The molecule has 0 saturated carbocycles. The van der Waals surface area contributed by atoms with Crippen LogP contribution in [0, 0.1) is 6.92 Å². The summed E-state index contributed by atoms with van der Waals surface area (Å²) in [4.78, 5) is 0. The predicted molar refractivity (Wildman–Crippen MR) is 75.0 cm³/mol. The predicted octanol–water partition coefficient (Wildman–Crippen LogP) is 4.20. The second-order valence-corrected chi connectivity index (χ2v) is 4.52. The first-order valence-electron chi connectivity index (χ1n) is 6.16. The summed E-state index contributed by atoms with van der Waals surface area (Å²) in [5.41, 5.74) is 11.8. The van der Waals surface area contributed by atoms with E-state index in [0.29, 0.717) is 0 Å². The van der Waals surface area contributed by atoms with Crippen molar-refractivity contribution in [2.75, 3.05) is 5.73 Å². The molecule has 2 N–H and O–H groups in total. The van der Waals surface area contributed by atoms with Gasteiger partial charge < -0.3 is 5.73 Å². The summed E-state index contributed by atoms with van der Waals surface area (Å²) in [7, 11) is 0. The van der Waals surface area contributed by atoms with Gasteiger partial charge in [0.1, 0.15) is 0 Å². The fourth-order valence-electron chi connectivity index (χ4n) is 2.19. The average Bonchev–Trinajstić information content (AvgIpc) is 2.29. The van der Waals surface area contributed by atoms with E-state index in [2.05, 4.69) is 44.2 Å². The van der Waals surface area contributed by atoms with Crippen LogP contribution < -0.4 is 5.73 Å². The minimum Gasteiger partial charge on any atom is -0.399 e. The monoisotopic (exact) mass is 225 g/mol. The van der Waals surface area contributed by atoms with Gasteiger partial charge in [-0.3, -0.25) is 0 Å². The van der Waals surface area contributed by atoms with E-state index in [1.165, 1.54) is 28.7 Å². The fraction of sp³-hybridized carbons (Fsp3) is 0.250. The molecule has 0 saturated heterocycles. The lowest BCUT2D eigenvalue weighted by atomic mass is 9.97. The Morgan fingerprint density at radius 2 is 1.88 bits per heavy atom. The molecule has 0 bridgehead atoms. The van der Waals surface area contributed by atoms with Gasteiger partial charge in [0.05, 0.1) is 0 Å². The molecule has 0 heterocycles. The third kappa shape index (κ3) is 2.68. The molecular weight excluding hydrogens is 206 g/mol. The van der Waals surface area contributed by atoms with Gasteiger partial charge in [0.2, 0.25) is 0 Å². The van der Waals surface area contributed by atoms with Crippen LogP contribution in [0.15, 0.2) is 42.5 Å².